The summed E-state index contributed by atoms with van der Waals surface area (Å²) in [6.07, 6.45) is 1.94. The molecule has 3 aromatic rings. The van der Waals surface area contributed by atoms with Gasteiger partial charge in [-0.05, 0) is 42.0 Å². The van der Waals surface area contributed by atoms with Crippen molar-refractivity contribution >= 4 is 15.7 Å². The Morgan fingerprint density at radius 1 is 1.17 bits per heavy atom. The van der Waals surface area contributed by atoms with E-state index in [-0.39, 0.29) is 6.10 Å². The van der Waals surface area contributed by atoms with Crippen LogP contribution in [0.15, 0.2) is 78.2 Å². The smallest absolute Gasteiger partial charge is 0.264 e. The molecule has 0 radical (unpaired) electrons. The first-order valence-electron chi connectivity index (χ1n) is 9.31. The molecule has 0 aromatic heterocycles. The number of fused-ring (bicyclic) bond motifs is 3. The molecule has 7 heteroatoms. The fraction of sp³-hybridized carbons (Fsp3) is 0.130. The van der Waals surface area contributed by atoms with Gasteiger partial charge in [0.05, 0.1) is 12.7 Å². The van der Waals surface area contributed by atoms with E-state index in [2.05, 4.69) is 11.3 Å². The molecule has 30 heavy (non-hydrogen) atoms. The minimum absolute atomic E-state index is 0.313. The zero-order valence-corrected chi connectivity index (χ0v) is 17.1. The van der Waals surface area contributed by atoms with Gasteiger partial charge in [-0.2, -0.15) is 0 Å². The maximum atomic E-state index is 14.0. The van der Waals surface area contributed by atoms with Crippen LogP contribution >= 0.6 is 0 Å². The van der Waals surface area contributed by atoms with Crippen LogP contribution < -0.4 is 14.2 Å². The number of nitrogens with one attached hydrogen (secondary N) is 1. The van der Waals surface area contributed by atoms with E-state index < -0.39 is 20.7 Å². The van der Waals surface area contributed by atoms with Crippen LogP contribution in [0.1, 0.15) is 18.1 Å². The van der Waals surface area contributed by atoms with Gasteiger partial charge in [-0.15, -0.1) is 6.58 Å². The van der Waals surface area contributed by atoms with Crippen LogP contribution in [0.2, 0.25) is 0 Å². The number of rotatable bonds is 6. The molecule has 0 saturated heterocycles. The summed E-state index contributed by atoms with van der Waals surface area (Å²) in [5, 5.41) is 0. The van der Waals surface area contributed by atoms with Gasteiger partial charge in [-0.25, -0.2) is 12.8 Å². The largest absolute Gasteiger partial charge is 0.496 e. The second-order valence-electron chi connectivity index (χ2n) is 6.80. The lowest BCUT2D eigenvalue weighted by atomic mass is 9.90. The highest BCUT2D eigenvalue weighted by Gasteiger charge is 2.29. The zero-order valence-electron chi connectivity index (χ0n) is 16.3. The predicted molar refractivity (Wildman–Crippen MR) is 114 cm³/mol. The summed E-state index contributed by atoms with van der Waals surface area (Å²) >= 11 is 0. The van der Waals surface area contributed by atoms with Gasteiger partial charge in [-0.1, -0.05) is 30.3 Å². The van der Waals surface area contributed by atoms with E-state index in [4.69, 9.17) is 9.47 Å². The Morgan fingerprint density at radius 3 is 2.70 bits per heavy atom. The topological polar surface area (TPSA) is 64.6 Å². The van der Waals surface area contributed by atoms with Crippen molar-refractivity contribution in [3.8, 4) is 22.6 Å². The van der Waals surface area contributed by atoms with E-state index >= 15 is 0 Å². The normalized spacial score (nSPS) is 14.8. The number of sulfonamides is 1. The molecule has 1 atom stereocenters. The molecule has 1 N–H and O–H groups in total. The number of ether oxygens (including phenoxy) is 2. The molecule has 1 heterocycles. The molecule has 0 fully saturated rings. The fourth-order valence-electron chi connectivity index (χ4n) is 3.58. The molecule has 1 unspecified atom stereocenters. The number of benzene rings is 3. The first-order valence-corrected chi connectivity index (χ1v) is 10.8. The fourth-order valence-corrected chi connectivity index (χ4v) is 4.71. The third-order valence-corrected chi connectivity index (χ3v) is 6.32. The molecule has 1 aliphatic heterocycles. The lowest BCUT2D eigenvalue weighted by Crippen LogP contribution is -2.17. The summed E-state index contributed by atoms with van der Waals surface area (Å²) in [5.41, 5.74) is 2.79. The average Bonchev–Trinajstić information content (AvgIpc) is 2.73. The SMILES string of the molecule is C=CCC1Oc2cccc(OC)c2-c2ccc(NS(=O)(=O)c3ccccc3F)cc21. The van der Waals surface area contributed by atoms with E-state index in [0.717, 1.165) is 22.8 Å². The van der Waals surface area contributed by atoms with Crippen molar-refractivity contribution in [2.24, 2.45) is 0 Å². The minimum Gasteiger partial charge on any atom is -0.496 e. The van der Waals surface area contributed by atoms with Gasteiger partial charge in [0.25, 0.3) is 10.0 Å². The van der Waals surface area contributed by atoms with E-state index in [1.807, 2.05) is 24.3 Å². The molecule has 154 valence electrons. The van der Waals surface area contributed by atoms with Crippen molar-refractivity contribution in [3.63, 3.8) is 0 Å². The second-order valence-corrected chi connectivity index (χ2v) is 8.45. The van der Waals surface area contributed by atoms with Crippen molar-refractivity contribution in [2.45, 2.75) is 17.4 Å². The summed E-state index contributed by atoms with van der Waals surface area (Å²) in [6, 6.07) is 16.0. The standard InChI is InChI=1S/C23H20FNO4S/c1-3-7-19-17-14-15(25-30(26,27)22-11-5-4-8-18(22)24)12-13-16(17)23-20(28-2)9-6-10-21(23)29-19/h3-6,8-14,19,25H,1,7H2,2H3. The third kappa shape index (κ3) is 3.52. The van der Waals surface area contributed by atoms with Crippen LogP contribution in [-0.4, -0.2) is 15.5 Å². The van der Waals surface area contributed by atoms with Gasteiger partial charge in [0.2, 0.25) is 0 Å². The van der Waals surface area contributed by atoms with Gasteiger partial charge in [0.1, 0.15) is 28.3 Å². The average molecular weight is 425 g/mol. The molecule has 0 amide bonds. The van der Waals surface area contributed by atoms with E-state index in [1.54, 1.807) is 25.3 Å². The molecular formula is C23H20FNO4S. The summed E-state index contributed by atoms with van der Waals surface area (Å²) in [4.78, 5) is -0.409. The number of hydrogen-bond acceptors (Lipinski definition) is 4. The Kier molecular flexibility index (Phi) is 5.22. The molecular weight excluding hydrogens is 405 g/mol. The summed E-state index contributed by atoms with van der Waals surface area (Å²) in [6.45, 7) is 3.79. The van der Waals surface area contributed by atoms with Crippen LogP contribution in [0.4, 0.5) is 10.1 Å². The van der Waals surface area contributed by atoms with Crippen LogP contribution in [0.25, 0.3) is 11.1 Å². The predicted octanol–water partition coefficient (Wildman–Crippen LogP) is 5.31. The monoisotopic (exact) mass is 425 g/mol. The third-order valence-electron chi connectivity index (χ3n) is 4.90. The van der Waals surface area contributed by atoms with Crippen molar-refractivity contribution in [2.75, 3.05) is 11.8 Å². The Morgan fingerprint density at radius 2 is 1.97 bits per heavy atom. The van der Waals surface area contributed by atoms with Crippen LogP contribution in [0.3, 0.4) is 0 Å². The molecule has 0 spiro atoms. The number of hydrogen-bond donors (Lipinski definition) is 1. The summed E-state index contributed by atoms with van der Waals surface area (Å²) in [7, 11) is -2.50. The highest BCUT2D eigenvalue weighted by molar-refractivity contribution is 7.92. The van der Waals surface area contributed by atoms with Crippen molar-refractivity contribution in [1.29, 1.82) is 0 Å². The summed E-state index contributed by atoms with van der Waals surface area (Å²) in [5.74, 6) is 0.536. The first-order chi connectivity index (χ1) is 14.4. The minimum atomic E-state index is -4.08. The highest BCUT2D eigenvalue weighted by Crippen LogP contribution is 2.48. The van der Waals surface area contributed by atoms with Crippen molar-refractivity contribution < 1.29 is 22.3 Å². The van der Waals surface area contributed by atoms with Crippen LogP contribution in [0, 0.1) is 5.82 Å². The molecule has 0 saturated carbocycles. The molecule has 4 rings (SSSR count). The molecule has 3 aromatic carbocycles. The quantitative estimate of drug-likeness (QED) is 0.544. The first kappa shape index (κ1) is 20.0. The molecule has 1 aliphatic rings. The van der Waals surface area contributed by atoms with Crippen molar-refractivity contribution in [1.82, 2.24) is 0 Å². The van der Waals surface area contributed by atoms with Crippen LogP contribution in [0.5, 0.6) is 11.5 Å². The van der Waals surface area contributed by atoms with Crippen molar-refractivity contribution in [3.05, 3.63) is 84.7 Å². The molecule has 0 aliphatic carbocycles. The van der Waals surface area contributed by atoms with Gasteiger partial charge >= 0.3 is 0 Å². The van der Waals surface area contributed by atoms with Gasteiger partial charge < -0.3 is 9.47 Å². The van der Waals surface area contributed by atoms with Crippen LogP contribution in [-0.2, 0) is 10.0 Å². The zero-order chi connectivity index (χ0) is 21.3. The van der Waals surface area contributed by atoms with Gasteiger partial charge in [-0.3, -0.25) is 4.72 Å². The maximum Gasteiger partial charge on any atom is 0.264 e. The number of anilines is 1. The molecule has 5 nitrogen and oxygen atoms in total. The highest BCUT2D eigenvalue weighted by atomic mass is 32.2. The maximum absolute atomic E-state index is 14.0. The van der Waals surface area contributed by atoms with E-state index in [1.165, 1.54) is 18.2 Å². The Bertz CT molecular complexity index is 1220. The van der Waals surface area contributed by atoms with E-state index in [0.29, 0.717) is 23.6 Å². The van der Waals surface area contributed by atoms with E-state index in [9.17, 15) is 12.8 Å². The number of halogens is 1. The second kappa shape index (κ2) is 7.84. The summed E-state index contributed by atoms with van der Waals surface area (Å²) < 4.78 is 53.5. The molecule has 0 bridgehead atoms. The number of methoxy groups -OCH3 is 1. The lowest BCUT2D eigenvalue weighted by Gasteiger charge is -2.29. The Hall–Kier alpha value is -3.32. The van der Waals surface area contributed by atoms with Gasteiger partial charge in [0, 0.05) is 17.7 Å². The Labute approximate surface area is 174 Å². The van der Waals surface area contributed by atoms with Gasteiger partial charge in [0.15, 0.2) is 0 Å². The lowest BCUT2D eigenvalue weighted by molar-refractivity contribution is 0.205. The Balaban J connectivity index is 1.79.